The van der Waals surface area contributed by atoms with E-state index in [0.29, 0.717) is 6.04 Å². The van der Waals surface area contributed by atoms with Gasteiger partial charge in [0, 0.05) is 11.6 Å². The Morgan fingerprint density at radius 2 is 1.93 bits per heavy atom. The molecular weight excluding hydrogens is 174 g/mol. The standard InChI is InChI=1S/C11H25N3/c1-11(2,12)6-7-13-10-4-8-14(3)9-5-10/h10,13H,4-9,12H2,1-3H3. The van der Waals surface area contributed by atoms with Crippen molar-refractivity contribution in [3.63, 3.8) is 0 Å². The van der Waals surface area contributed by atoms with Crippen LogP contribution in [0.4, 0.5) is 0 Å². The van der Waals surface area contributed by atoms with Crippen molar-refractivity contribution in [3.8, 4) is 0 Å². The maximum absolute atomic E-state index is 5.92. The van der Waals surface area contributed by atoms with Crippen molar-refractivity contribution in [3.05, 3.63) is 0 Å². The zero-order chi connectivity index (χ0) is 10.6. The van der Waals surface area contributed by atoms with Gasteiger partial charge in [0.2, 0.25) is 0 Å². The highest BCUT2D eigenvalue weighted by atomic mass is 15.1. The Morgan fingerprint density at radius 3 is 2.43 bits per heavy atom. The second kappa shape index (κ2) is 5.10. The summed E-state index contributed by atoms with van der Waals surface area (Å²) >= 11 is 0. The molecule has 0 aromatic carbocycles. The number of hydrogen-bond donors (Lipinski definition) is 2. The van der Waals surface area contributed by atoms with E-state index < -0.39 is 0 Å². The first-order valence-electron chi connectivity index (χ1n) is 5.68. The van der Waals surface area contributed by atoms with Gasteiger partial charge in [-0.25, -0.2) is 0 Å². The number of nitrogens with zero attached hydrogens (tertiary/aromatic N) is 1. The number of piperidine rings is 1. The topological polar surface area (TPSA) is 41.3 Å². The summed E-state index contributed by atoms with van der Waals surface area (Å²) in [6.07, 6.45) is 3.61. The fourth-order valence-electron chi connectivity index (χ4n) is 1.81. The van der Waals surface area contributed by atoms with Crippen LogP contribution in [0.5, 0.6) is 0 Å². The summed E-state index contributed by atoms with van der Waals surface area (Å²) in [6.45, 7) is 7.68. The molecular formula is C11H25N3. The summed E-state index contributed by atoms with van der Waals surface area (Å²) in [7, 11) is 2.19. The summed E-state index contributed by atoms with van der Waals surface area (Å²) in [5, 5.41) is 3.59. The smallest absolute Gasteiger partial charge is 0.0109 e. The molecule has 1 rings (SSSR count). The second-order valence-corrected chi connectivity index (χ2v) is 5.27. The second-order valence-electron chi connectivity index (χ2n) is 5.27. The van der Waals surface area contributed by atoms with E-state index in [4.69, 9.17) is 5.73 Å². The van der Waals surface area contributed by atoms with Gasteiger partial charge in [0.05, 0.1) is 0 Å². The third kappa shape index (κ3) is 4.94. The third-order valence-electron chi connectivity index (χ3n) is 2.92. The van der Waals surface area contributed by atoms with Crippen molar-refractivity contribution in [1.82, 2.24) is 10.2 Å². The predicted octanol–water partition coefficient (Wildman–Crippen LogP) is 0.798. The molecule has 3 N–H and O–H groups in total. The third-order valence-corrected chi connectivity index (χ3v) is 2.92. The van der Waals surface area contributed by atoms with Crippen LogP contribution in [-0.4, -0.2) is 43.2 Å². The molecule has 0 bridgehead atoms. The highest BCUT2D eigenvalue weighted by Crippen LogP contribution is 2.09. The van der Waals surface area contributed by atoms with Crippen molar-refractivity contribution in [2.45, 2.75) is 44.7 Å². The van der Waals surface area contributed by atoms with E-state index in [1.54, 1.807) is 0 Å². The Labute approximate surface area is 88.0 Å². The van der Waals surface area contributed by atoms with Gasteiger partial charge in [-0.2, -0.15) is 0 Å². The van der Waals surface area contributed by atoms with Crippen LogP contribution >= 0.6 is 0 Å². The largest absolute Gasteiger partial charge is 0.326 e. The molecule has 0 amide bonds. The molecule has 0 saturated carbocycles. The Balaban J connectivity index is 2.08. The van der Waals surface area contributed by atoms with Gasteiger partial charge in [-0.05, 0) is 59.8 Å². The van der Waals surface area contributed by atoms with Gasteiger partial charge in [-0.15, -0.1) is 0 Å². The zero-order valence-electron chi connectivity index (χ0n) is 9.84. The molecule has 0 aliphatic carbocycles. The lowest BCUT2D eigenvalue weighted by Gasteiger charge is -2.30. The van der Waals surface area contributed by atoms with E-state index in [0.717, 1.165) is 13.0 Å². The first kappa shape index (κ1) is 12.0. The summed E-state index contributed by atoms with van der Waals surface area (Å²) in [6, 6.07) is 0.716. The number of hydrogen-bond acceptors (Lipinski definition) is 3. The maximum atomic E-state index is 5.92. The van der Waals surface area contributed by atoms with Gasteiger partial charge in [0.15, 0.2) is 0 Å². The minimum atomic E-state index is -0.0293. The minimum absolute atomic E-state index is 0.0293. The molecule has 1 heterocycles. The highest BCUT2D eigenvalue weighted by Gasteiger charge is 2.17. The van der Waals surface area contributed by atoms with Gasteiger partial charge >= 0.3 is 0 Å². The lowest BCUT2D eigenvalue weighted by Crippen LogP contribution is -2.43. The molecule has 0 spiro atoms. The van der Waals surface area contributed by atoms with Gasteiger partial charge in [0.25, 0.3) is 0 Å². The van der Waals surface area contributed by atoms with Gasteiger partial charge in [0.1, 0.15) is 0 Å². The minimum Gasteiger partial charge on any atom is -0.326 e. The Hall–Kier alpha value is -0.120. The first-order chi connectivity index (χ1) is 6.47. The van der Waals surface area contributed by atoms with Gasteiger partial charge in [-0.3, -0.25) is 0 Å². The van der Waals surface area contributed by atoms with Crippen LogP contribution in [0.3, 0.4) is 0 Å². The fourth-order valence-corrected chi connectivity index (χ4v) is 1.81. The van der Waals surface area contributed by atoms with E-state index in [1.807, 2.05) is 0 Å². The predicted molar refractivity (Wildman–Crippen MR) is 61.4 cm³/mol. The monoisotopic (exact) mass is 199 g/mol. The van der Waals surface area contributed by atoms with Crippen molar-refractivity contribution >= 4 is 0 Å². The highest BCUT2D eigenvalue weighted by molar-refractivity contribution is 4.78. The molecule has 1 fully saturated rings. The lowest BCUT2D eigenvalue weighted by molar-refractivity contribution is 0.232. The van der Waals surface area contributed by atoms with Crippen molar-refractivity contribution in [1.29, 1.82) is 0 Å². The molecule has 1 saturated heterocycles. The molecule has 1 aliphatic heterocycles. The molecule has 0 aromatic heterocycles. The molecule has 3 heteroatoms. The normalized spacial score (nSPS) is 21.4. The Bertz CT molecular complexity index is 154. The zero-order valence-corrected chi connectivity index (χ0v) is 9.84. The average molecular weight is 199 g/mol. The van der Waals surface area contributed by atoms with Crippen LogP contribution in [0.15, 0.2) is 0 Å². The average Bonchev–Trinajstić information content (AvgIpc) is 2.06. The van der Waals surface area contributed by atoms with E-state index in [2.05, 4.69) is 31.1 Å². The van der Waals surface area contributed by atoms with Crippen LogP contribution in [-0.2, 0) is 0 Å². The summed E-state index contributed by atoms with van der Waals surface area (Å²) in [4.78, 5) is 2.39. The number of rotatable bonds is 4. The number of nitrogens with one attached hydrogen (secondary N) is 1. The van der Waals surface area contributed by atoms with Crippen LogP contribution in [0.2, 0.25) is 0 Å². The molecule has 0 unspecified atom stereocenters. The number of likely N-dealkylation sites (tertiary alicyclic amines) is 1. The Morgan fingerprint density at radius 1 is 1.36 bits per heavy atom. The SMILES string of the molecule is CN1CCC(NCCC(C)(C)N)CC1. The summed E-state index contributed by atoms with van der Waals surface area (Å²) in [5.41, 5.74) is 5.90. The Kier molecular flexibility index (Phi) is 4.35. The fraction of sp³-hybridized carbons (Fsp3) is 1.00. The van der Waals surface area contributed by atoms with Crippen LogP contribution in [0, 0.1) is 0 Å². The van der Waals surface area contributed by atoms with Crippen LogP contribution in [0.1, 0.15) is 33.1 Å². The van der Waals surface area contributed by atoms with E-state index in [-0.39, 0.29) is 5.54 Å². The van der Waals surface area contributed by atoms with E-state index in [1.165, 1.54) is 25.9 Å². The van der Waals surface area contributed by atoms with Crippen LogP contribution in [0.25, 0.3) is 0 Å². The maximum Gasteiger partial charge on any atom is 0.0109 e. The van der Waals surface area contributed by atoms with Crippen molar-refractivity contribution in [2.75, 3.05) is 26.7 Å². The molecule has 0 atom stereocenters. The molecule has 3 nitrogen and oxygen atoms in total. The molecule has 0 aromatic rings. The van der Waals surface area contributed by atoms with Crippen molar-refractivity contribution in [2.24, 2.45) is 5.73 Å². The molecule has 1 aliphatic rings. The summed E-state index contributed by atoms with van der Waals surface area (Å²) < 4.78 is 0. The van der Waals surface area contributed by atoms with E-state index in [9.17, 15) is 0 Å². The number of nitrogens with two attached hydrogens (primary N) is 1. The molecule has 84 valence electrons. The van der Waals surface area contributed by atoms with Crippen LogP contribution < -0.4 is 11.1 Å². The van der Waals surface area contributed by atoms with Crippen molar-refractivity contribution < 1.29 is 0 Å². The van der Waals surface area contributed by atoms with E-state index >= 15 is 0 Å². The molecule has 14 heavy (non-hydrogen) atoms. The lowest BCUT2D eigenvalue weighted by atomic mass is 10.0. The van der Waals surface area contributed by atoms with Gasteiger partial charge in [-0.1, -0.05) is 0 Å². The summed E-state index contributed by atoms with van der Waals surface area (Å²) in [5.74, 6) is 0. The molecule has 0 radical (unpaired) electrons. The van der Waals surface area contributed by atoms with Gasteiger partial charge < -0.3 is 16.0 Å². The first-order valence-corrected chi connectivity index (χ1v) is 5.68. The quantitative estimate of drug-likeness (QED) is 0.703.